The summed E-state index contributed by atoms with van der Waals surface area (Å²) in [5.41, 5.74) is -0.628. The van der Waals surface area contributed by atoms with Crippen LogP contribution in [0.4, 0.5) is 0 Å². The first-order valence-electron chi connectivity index (χ1n) is 15.2. The van der Waals surface area contributed by atoms with Crippen molar-refractivity contribution in [1.82, 2.24) is 21.3 Å². The summed E-state index contributed by atoms with van der Waals surface area (Å²) in [7, 11) is 2.60. The van der Waals surface area contributed by atoms with Crippen LogP contribution in [0.15, 0.2) is 23.9 Å². The number of nitrogens with one attached hydrogen (secondary N) is 4. The minimum absolute atomic E-state index is 0.0177. The smallest absolute Gasteiger partial charge is 0.329 e. The third kappa shape index (κ3) is 8.88. The van der Waals surface area contributed by atoms with Crippen LogP contribution in [0.3, 0.4) is 0 Å². The van der Waals surface area contributed by atoms with Gasteiger partial charge in [0.2, 0.25) is 17.7 Å². The van der Waals surface area contributed by atoms with E-state index in [1.807, 2.05) is 0 Å². The number of carbonyl (C=O) groups is 5. The second-order valence-electron chi connectivity index (χ2n) is 8.22. The van der Waals surface area contributed by atoms with Gasteiger partial charge in [0.15, 0.2) is 0 Å². The van der Waals surface area contributed by atoms with Gasteiger partial charge in [-0.15, -0.1) is 0 Å². The lowest BCUT2D eigenvalue weighted by Gasteiger charge is -2.27. The van der Waals surface area contributed by atoms with E-state index < -0.39 is 91.4 Å². The molecule has 0 aromatic rings. The molecule has 1 fully saturated rings. The summed E-state index contributed by atoms with van der Waals surface area (Å²) in [6.07, 6.45) is 2.03. The van der Waals surface area contributed by atoms with Crippen LogP contribution in [0.25, 0.3) is 0 Å². The van der Waals surface area contributed by atoms with Gasteiger partial charge >= 0.3 is 5.97 Å². The third-order valence-electron chi connectivity index (χ3n) is 5.06. The van der Waals surface area contributed by atoms with Crippen LogP contribution in [-0.4, -0.2) is 65.3 Å². The number of hydrogen-bond acceptors (Lipinski definition) is 8. The molecule has 0 aromatic heterocycles. The third-order valence-corrected chi connectivity index (χ3v) is 7.51. The Morgan fingerprint density at radius 3 is 2.56 bits per heavy atom. The second kappa shape index (κ2) is 14.3. The quantitative estimate of drug-likeness (QED) is 0.176. The first kappa shape index (κ1) is 19.6. The zero-order valence-corrected chi connectivity index (χ0v) is 21.8. The normalized spacial score (nSPS) is 35.9. The number of allylic oxidation sites excluding steroid dienone is 2. The highest BCUT2D eigenvalue weighted by atomic mass is 33.1. The Bertz CT molecular complexity index is 1180. The fourth-order valence-electron chi connectivity index (χ4n) is 3.16. The van der Waals surface area contributed by atoms with Crippen LogP contribution in [0.1, 0.15) is 58.3 Å². The van der Waals surface area contributed by atoms with Gasteiger partial charge in [-0.05, 0) is 31.2 Å². The molecule has 1 saturated heterocycles. The van der Waals surface area contributed by atoms with Gasteiger partial charge < -0.3 is 26.0 Å². The van der Waals surface area contributed by atoms with Crippen molar-refractivity contribution in [3.63, 3.8) is 0 Å². The Morgan fingerprint density at radius 2 is 1.89 bits per heavy atom. The van der Waals surface area contributed by atoms with Crippen LogP contribution >= 0.6 is 21.6 Å². The zero-order chi connectivity index (χ0) is 33.7. The SMILES string of the molecule is [2H]C([2H])([2H])C([2H])(C([2H])([2H])[2H])[C@]1([2H])NC(=O)/C(=C/C)NC(=O)[C@@H]2CSSCC/C=C/[C@@H](CC(=O)NC(C(C)C)C(=O)N2)OC1=O. The van der Waals surface area contributed by atoms with Crippen LogP contribution in [0.5, 0.6) is 0 Å². The first-order chi connectivity index (χ1) is 20.2. The van der Waals surface area contributed by atoms with E-state index in [4.69, 9.17) is 15.7 Å². The van der Waals surface area contributed by atoms with Crippen LogP contribution in [0, 0.1) is 11.8 Å². The predicted octanol–water partition coefficient (Wildman–Crippen LogP) is 1.43. The van der Waals surface area contributed by atoms with Crippen molar-refractivity contribution in [3.05, 3.63) is 23.9 Å². The molecule has 36 heavy (non-hydrogen) atoms. The molecule has 2 aliphatic rings. The molecule has 2 aliphatic heterocycles. The first-order valence-corrected chi connectivity index (χ1v) is 13.7. The Morgan fingerprint density at radius 1 is 1.14 bits per heavy atom. The van der Waals surface area contributed by atoms with Crippen LogP contribution < -0.4 is 21.3 Å². The fraction of sp³-hybridized carbons (Fsp3) is 0.625. The Labute approximate surface area is 231 Å². The minimum Gasteiger partial charge on any atom is -0.456 e. The molecule has 0 aromatic carbocycles. The average Bonchev–Trinajstić information content (AvgIpc) is 2.90. The largest absolute Gasteiger partial charge is 0.456 e. The van der Waals surface area contributed by atoms with Gasteiger partial charge in [0.05, 0.1) is 7.79 Å². The van der Waals surface area contributed by atoms with Crippen molar-refractivity contribution < 1.29 is 39.7 Å². The molecule has 0 spiro atoms. The highest BCUT2D eigenvalue weighted by Crippen LogP contribution is 2.24. The lowest BCUT2D eigenvalue weighted by atomic mass is 10.0. The molecule has 0 saturated carbocycles. The van der Waals surface area contributed by atoms with Crippen molar-refractivity contribution in [3.8, 4) is 0 Å². The zero-order valence-electron chi connectivity index (χ0n) is 28.1. The van der Waals surface area contributed by atoms with E-state index in [0.29, 0.717) is 12.2 Å². The van der Waals surface area contributed by atoms with E-state index in [0.717, 1.165) is 6.08 Å². The van der Waals surface area contributed by atoms with Gasteiger partial charge in [-0.3, -0.25) is 19.2 Å². The van der Waals surface area contributed by atoms with Crippen molar-refractivity contribution in [2.75, 3.05) is 11.5 Å². The standard InChI is InChI=1S/C24H36N4O6S2/c1-6-16-21(30)28-20(14(4)5)24(33)34-15-9-7-8-10-35-36-12-17(22(31)25-16)26-23(32)19(13(2)3)27-18(29)11-15/h6-7,9,13-15,17,19-20H,8,10-12H2,1-5H3,(H,25,31)(H,26,32)(H,27,29)(H,28,30)/b9-7+,16-6-/t15-,17-,19?,20-/m0/s1/i4D3,5D3,14D,20D. The highest BCUT2D eigenvalue weighted by molar-refractivity contribution is 8.76. The number of fused-ring (bicyclic) bond motifs is 7. The van der Waals surface area contributed by atoms with Crippen LogP contribution in [0.2, 0.25) is 0 Å². The monoisotopic (exact) mass is 548 g/mol. The van der Waals surface area contributed by atoms with E-state index >= 15 is 0 Å². The molecule has 4 amide bonds. The fourth-order valence-corrected chi connectivity index (χ4v) is 5.31. The summed E-state index contributed by atoms with van der Waals surface area (Å²) in [6.45, 7) is -3.18. The van der Waals surface area contributed by atoms with E-state index in [-0.39, 0.29) is 5.75 Å². The molecule has 12 heteroatoms. The topological polar surface area (TPSA) is 143 Å². The van der Waals surface area contributed by atoms with E-state index in [1.165, 1.54) is 40.7 Å². The molecule has 4 atom stereocenters. The highest BCUT2D eigenvalue weighted by Gasteiger charge is 2.33. The van der Waals surface area contributed by atoms with Crippen molar-refractivity contribution in [1.29, 1.82) is 0 Å². The predicted molar refractivity (Wildman–Crippen MR) is 141 cm³/mol. The molecule has 2 heterocycles. The summed E-state index contributed by atoms with van der Waals surface area (Å²) in [5, 5.41) is 9.08. The van der Waals surface area contributed by atoms with Crippen molar-refractivity contribution >= 4 is 51.2 Å². The number of esters is 1. The summed E-state index contributed by atoms with van der Waals surface area (Å²) >= 11 is 0. The Balaban J connectivity index is 2.85. The maximum atomic E-state index is 13.7. The van der Waals surface area contributed by atoms with Crippen molar-refractivity contribution in [2.24, 2.45) is 11.8 Å². The molecule has 2 rings (SSSR count). The lowest BCUT2D eigenvalue weighted by Crippen LogP contribution is -2.57. The van der Waals surface area contributed by atoms with Crippen molar-refractivity contribution in [2.45, 2.75) is 71.5 Å². The van der Waals surface area contributed by atoms with E-state index in [2.05, 4.69) is 16.0 Å². The van der Waals surface area contributed by atoms with E-state index in [1.54, 1.807) is 19.2 Å². The number of hydrogen-bond donors (Lipinski definition) is 4. The summed E-state index contributed by atoms with van der Waals surface area (Å²) in [4.78, 5) is 66.7. The average molecular weight is 549 g/mol. The minimum atomic E-state index is -4.00. The summed E-state index contributed by atoms with van der Waals surface area (Å²) < 4.78 is 69.9. The number of amides is 4. The molecular weight excluding hydrogens is 504 g/mol. The second-order valence-corrected chi connectivity index (χ2v) is 10.8. The van der Waals surface area contributed by atoms with Crippen LogP contribution in [-0.2, 0) is 28.7 Å². The van der Waals surface area contributed by atoms with Gasteiger partial charge in [0, 0.05) is 21.1 Å². The maximum absolute atomic E-state index is 13.7. The molecule has 200 valence electrons. The molecular formula is C24H36N4O6S2. The molecule has 4 N–H and O–H groups in total. The Kier molecular flexibility index (Phi) is 7.80. The molecule has 10 nitrogen and oxygen atoms in total. The lowest BCUT2D eigenvalue weighted by molar-refractivity contribution is -0.153. The Hall–Kier alpha value is -2.47. The number of ether oxygens (including phenoxy) is 1. The van der Waals surface area contributed by atoms with Gasteiger partial charge in [-0.2, -0.15) is 0 Å². The molecule has 1 unspecified atom stereocenters. The molecule has 0 aliphatic carbocycles. The maximum Gasteiger partial charge on any atom is 0.329 e. The molecule has 2 bridgehead atoms. The number of rotatable bonds is 2. The number of carbonyl (C=O) groups excluding carboxylic acids is 5. The van der Waals surface area contributed by atoms with Gasteiger partial charge in [0.1, 0.15) is 29.9 Å². The van der Waals surface area contributed by atoms with E-state index in [9.17, 15) is 24.0 Å². The van der Waals surface area contributed by atoms with Gasteiger partial charge in [-0.25, -0.2) is 4.79 Å². The van der Waals surface area contributed by atoms with Gasteiger partial charge in [0.25, 0.3) is 5.91 Å². The molecule has 0 radical (unpaired) electrons. The van der Waals surface area contributed by atoms with Gasteiger partial charge in [-0.1, -0.05) is 61.3 Å². The summed E-state index contributed by atoms with van der Waals surface area (Å²) in [5.74, 6) is -9.84. The summed E-state index contributed by atoms with van der Waals surface area (Å²) in [6, 6.07) is -6.24.